The smallest absolute Gasteiger partial charge is 0.330 e. The van der Waals surface area contributed by atoms with Crippen molar-refractivity contribution in [2.24, 2.45) is 0 Å². The Morgan fingerprint density at radius 3 is 2.25 bits per heavy atom. The van der Waals surface area contributed by atoms with Crippen molar-refractivity contribution in [3.63, 3.8) is 0 Å². The molecular weight excluding hydrogens is 252 g/mol. The molecule has 0 aliphatic carbocycles. The Hall–Kier alpha value is -2.55. The van der Waals surface area contributed by atoms with E-state index in [-0.39, 0.29) is 6.61 Å². The minimum atomic E-state index is -0.437. The van der Waals surface area contributed by atoms with Gasteiger partial charge in [0.1, 0.15) is 19.0 Å². The van der Waals surface area contributed by atoms with E-state index < -0.39 is 5.97 Å². The summed E-state index contributed by atoms with van der Waals surface area (Å²) in [6.45, 7) is 3.86. The summed E-state index contributed by atoms with van der Waals surface area (Å²) >= 11 is 0. The normalized spacial score (nSPS) is 9.80. The first kappa shape index (κ1) is 13.9. The minimum Gasteiger partial charge on any atom is -0.490 e. The fraction of sp³-hybridized carbons (Fsp3) is 0.118. The standard InChI is InChI=1S/C17H16O3/c1-2-17(18)20-13-12-19-16-10-8-15(9-11-16)14-6-4-3-5-7-14/h2-11H,1,12-13H2. The van der Waals surface area contributed by atoms with Gasteiger partial charge in [0.15, 0.2) is 0 Å². The average Bonchev–Trinajstić information content (AvgIpc) is 2.52. The van der Waals surface area contributed by atoms with Crippen LogP contribution in [0.5, 0.6) is 5.75 Å². The first-order valence-electron chi connectivity index (χ1n) is 6.37. The number of hydrogen-bond donors (Lipinski definition) is 0. The summed E-state index contributed by atoms with van der Waals surface area (Å²) < 4.78 is 10.3. The summed E-state index contributed by atoms with van der Waals surface area (Å²) in [6, 6.07) is 17.9. The van der Waals surface area contributed by atoms with Gasteiger partial charge in [-0.15, -0.1) is 0 Å². The van der Waals surface area contributed by atoms with Crippen LogP contribution in [0.15, 0.2) is 67.3 Å². The van der Waals surface area contributed by atoms with Crippen LogP contribution in [-0.4, -0.2) is 19.2 Å². The van der Waals surface area contributed by atoms with E-state index in [9.17, 15) is 4.79 Å². The van der Waals surface area contributed by atoms with E-state index in [1.165, 1.54) is 5.56 Å². The van der Waals surface area contributed by atoms with Gasteiger partial charge in [-0.3, -0.25) is 0 Å². The third-order valence-electron chi connectivity index (χ3n) is 2.72. The fourth-order valence-electron chi connectivity index (χ4n) is 1.73. The van der Waals surface area contributed by atoms with Crippen LogP contribution in [0.4, 0.5) is 0 Å². The Morgan fingerprint density at radius 1 is 0.950 bits per heavy atom. The van der Waals surface area contributed by atoms with Gasteiger partial charge in [0, 0.05) is 6.08 Å². The summed E-state index contributed by atoms with van der Waals surface area (Å²) in [4.78, 5) is 10.8. The summed E-state index contributed by atoms with van der Waals surface area (Å²) in [6.07, 6.45) is 1.13. The SMILES string of the molecule is C=CC(=O)OCCOc1ccc(-c2ccccc2)cc1. The third-order valence-corrected chi connectivity index (χ3v) is 2.72. The van der Waals surface area contributed by atoms with Crippen LogP contribution in [0.1, 0.15) is 0 Å². The number of benzene rings is 2. The van der Waals surface area contributed by atoms with Crippen molar-refractivity contribution >= 4 is 5.97 Å². The molecule has 0 aliphatic heterocycles. The van der Waals surface area contributed by atoms with Crippen molar-refractivity contribution in [2.45, 2.75) is 0 Å². The summed E-state index contributed by atoms with van der Waals surface area (Å²) in [7, 11) is 0. The molecule has 0 aliphatic rings. The van der Waals surface area contributed by atoms with Gasteiger partial charge in [0.2, 0.25) is 0 Å². The molecule has 0 N–H and O–H groups in total. The average molecular weight is 268 g/mol. The highest BCUT2D eigenvalue weighted by molar-refractivity contribution is 5.81. The van der Waals surface area contributed by atoms with Crippen LogP contribution in [0.3, 0.4) is 0 Å². The molecule has 0 aromatic heterocycles. The second kappa shape index (κ2) is 7.14. The van der Waals surface area contributed by atoms with E-state index in [4.69, 9.17) is 9.47 Å². The molecule has 0 saturated heterocycles. The van der Waals surface area contributed by atoms with Crippen LogP contribution >= 0.6 is 0 Å². The van der Waals surface area contributed by atoms with Crippen LogP contribution < -0.4 is 4.74 Å². The lowest BCUT2D eigenvalue weighted by Crippen LogP contribution is -2.10. The molecule has 0 radical (unpaired) electrons. The molecule has 0 amide bonds. The molecule has 20 heavy (non-hydrogen) atoms. The van der Waals surface area contributed by atoms with Gasteiger partial charge >= 0.3 is 5.97 Å². The first-order chi connectivity index (χ1) is 9.79. The molecule has 2 rings (SSSR count). The van der Waals surface area contributed by atoms with Gasteiger partial charge in [-0.2, -0.15) is 0 Å². The van der Waals surface area contributed by atoms with Crippen molar-refractivity contribution in [1.29, 1.82) is 0 Å². The van der Waals surface area contributed by atoms with E-state index in [1.54, 1.807) is 0 Å². The number of esters is 1. The number of rotatable bonds is 6. The largest absolute Gasteiger partial charge is 0.490 e. The molecule has 0 spiro atoms. The van der Waals surface area contributed by atoms with Crippen molar-refractivity contribution in [3.8, 4) is 16.9 Å². The van der Waals surface area contributed by atoms with E-state index in [0.29, 0.717) is 6.61 Å². The molecule has 102 valence electrons. The minimum absolute atomic E-state index is 0.214. The molecule has 2 aromatic carbocycles. The molecule has 3 nitrogen and oxygen atoms in total. The molecular formula is C17H16O3. The van der Waals surface area contributed by atoms with Crippen LogP contribution in [0, 0.1) is 0 Å². The second-order valence-electron chi connectivity index (χ2n) is 4.11. The molecule has 0 unspecified atom stereocenters. The Morgan fingerprint density at radius 2 is 1.60 bits per heavy atom. The zero-order valence-electron chi connectivity index (χ0n) is 11.1. The highest BCUT2D eigenvalue weighted by Gasteiger charge is 1.99. The van der Waals surface area contributed by atoms with Crippen LogP contribution in [0.2, 0.25) is 0 Å². The predicted molar refractivity (Wildman–Crippen MR) is 78.5 cm³/mol. The van der Waals surface area contributed by atoms with Crippen LogP contribution in [-0.2, 0) is 9.53 Å². The maximum absolute atomic E-state index is 10.8. The second-order valence-corrected chi connectivity index (χ2v) is 4.11. The number of carbonyl (C=O) groups excluding carboxylic acids is 1. The Bertz CT molecular complexity index is 559. The lowest BCUT2D eigenvalue weighted by molar-refractivity contribution is -0.138. The van der Waals surface area contributed by atoms with E-state index in [0.717, 1.165) is 17.4 Å². The number of ether oxygens (including phenoxy) is 2. The molecule has 0 atom stereocenters. The number of carbonyl (C=O) groups is 1. The highest BCUT2D eigenvalue weighted by atomic mass is 16.6. The van der Waals surface area contributed by atoms with Gasteiger partial charge in [-0.25, -0.2) is 4.79 Å². The highest BCUT2D eigenvalue weighted by Crippen LogP contribution is 2.21. The number of hydrogen-bond acceptors (Lipinski definition) is 3. The van der Waals surface area contributed by atoms with Crippen molar-refractivity contribution < 1.29 is 14.3 Å². The summed E-state index contributed by atoms with van der Waals surface area (Å²) in [5, 5.41) is 0. The van der Waals surface area contributed by atoms with Gasteiger partial charge in [-0.1, -0.05) is 49.0 Å². The molecule has 2 aromatic rings. The summed E-state index contributed by atoms with van der Waals surface area (Å²) in [5.41, 5.74) is 2.30. The van der Waals surface area contributed by atoms with Gasteiger partial charge in [0.05, 0.1) is 0 Å². The van der Waals surface area contributed by atoms with Crippen molar-refractivity contribution in [3.05, 3.63) is 67.3 Å². The molecule has 3 heteroatoms. The maximum Gasteiger partial charge on any atom is 0.330 e. The van der Waals surface area contributed by atoms with Gasteiger partial charge in [-0.05, 0) is 23.3 Å². The Labute approximate surface area is 118 Å². The molecule has 0 heterocycles. The quantitative estimate of drug-likeness (QED) is 0.457. The lowest BCUT2D eigenvalue weighted by atomic mass is 10.1. The third kappa shape index (κ3) is 3.99. The molecule has 0 bridgehead atoms. The first-order valence-corrected chi connectivity index (χ1v) is 6.37. The topological polar surface area (TPSA) is 35.5 Å². The predicted octanol–water partition coefficient (Wildman–Crippen LogP) is 3.46. The fourth-order valence-corrected chi connectivity index (χ4v) is 1.73. The van der Waals surface area contributed by atoms with Crippen molar-refractivity contribution in [1.82, 2.24) is 0 Å². The van der Waals surface area contributed by atoms with Gasteiger partial charge in [0.25, 0.3) is 0 Å². The Balaban J connectivity index is 1.86. The zero-order chi connectivity index (χ0) is 14.2. The van der Waals surface area contributed by atoms with Gasteiger partial charge < -0.3 is 9.47 Å². The van der Waals surface area contributed by atoms with E-state index in [1.807, 2.05) is 42.5 Å². The van der Waals surface area contributed by atoms with E-state index >= 15 is 0 Å². The van der Waals surface area contributed by atoms with E-state index in [2.05, 4.69) is 18.7 Å². The zero-order valence-corrected chi connectivity index (χ0v) is 11.1. The summed E-state index contributed by atoms with van der Waals surface area (Å²) in [5.74, 6) is 0.312. The molecule has 0 fully saturated rings. The van der Waals surface area contributed by atoms with Crippen molar-refractivity contribution in [2.75, 3.05) is 13.2 Å². The van der Waals surface area contributed by atoms with Crippen LogP contribution in [0.25, 0.3) is 11.1 Å². The monoisotopic (exact) mass is 268 g/mol. The molecule has 0 saturated carbocycles. The maximum atomic E-state index is 10.8. The Kier molecular flexibility index (Phi) is 4.95. The lowest BCUT2D eigenvalue weighted by Gasteiger charge is -2.07.